The molecule has 5 nitrogen and oxygen atoms in total. The van der Waals surface area contributed by atoms with Gasteiger partial charge in [-0.25, -0.2) is 4.98 Å². The first kappa shape index (κ1) is 9.64. The average molecular weight is 203 g/mol. The van der Waals surface area contributed by atoms with Crippen LogP contribution in [0.3, 0.4) is 0 Å². The molecule has 0 saturated carbocycles. The zero-order chi connectivity index (χ0) is 10.5. The van der Waals surface area contributed by atoms with E-state index in [1.165, 1.54) is 0 Å². The lowest BCUT2D eigenvalue weighted by Gasteiger charge is -2.05. The molecule has 0 bridgehead atoms. The summed E-state index contributed by atoms with van der Waals surface area (Å²) in [5.41, 5.74) is 1.11. The van der Waals surface area contributed by atoms with Crippen molar-refractivity contribution in [2.24, 2.45) is 0 Å². The number of hydrogen-bond acceptors (Lipinski definition) is 4. The third kappa shape index (κ3) is 2.77. The van der Waals surface area contributed by atoms with Gasteiger partial charge in [-0.05, 0) is 18.6 Å². The van der Waals surface area contributed by atoms with E-state index in [-0.39, 0.29) is 0 Å². The molecule has 0 aliphatic rings. The van der Waals surface area contributed by atoms with E-state index in [1.807, 2.05) is 23.8 Å². The Hall–Kier alpha value is -1.91. The predicted octanol–water partition coefficient (Wildman–Crippen LogP) is 1.09. The van der Waals surface area contributed by atoms with Gasteiger partial charge in [0.15, 0.2) is 0 Å². The molecular weight excluding hydrogens is 190 g/mol. The third-order valence-corrected chi connectivity index (χ3v) is 2.03. The monoisotopic (exact) mass is 203 g/mol. The Balaban J connectivity index is 1.83. The van der Waals surface area contributed by atoms with Gasteiger partial charge in [0, 0.05) is 25.5 Å². The number of imidazole rings is 1. The van der Waals surface area contributed by atoms with E-state index in [0.717, 1.165) is 24.5 Å². The van der Waals surface area contributed by atoms with Crippen LogP contribution in [0.15, 0.2) is 31.0 Å². The number of anilines is 1. The minimum atomic E-state index is 0.814. The number of nitrogens with one attached hydrogen (secondary N) is 1. The first-order valence-corrected chi connectivity index (χ1v) is 4.83. The summed E-state index contributed by atoms with van der Waals surface area (Å²) in [5, 5.41) is 11.0. The average Bonchev–Trinajstić information content (AvgIpc) is 2.71. The lowest BCUT2D eigenvalue weighted by Crippen LogP contribution is -2.10. The number of aryl methyl sites for hydroxylation is 1. The van der Waals surface area contributed by atoms with Gasteiger partial charge in [0.2, 0.25) is 0 Å². The minimum absolute atomic E-state index is 0.814. The van der Waals surface area contributed by atoms with E-state index in [0.29, 0.717) is 0 Å². The number of rotatable bonds is 4. The Kier molecular flexibility index (Phi) is 2.92. The molecule has 0 spiro atoms. The Morgan fingerprint density at radius 3 is 3.13 bits per heavy atom. The fraction of sp³-hybridized carbons (Fsp3) is 0.300. The Morgan fingerprint density at radius 2 is 2.40 bits per heavy atom. The molecule has 0 unspecified atom stereocenters. The van der Waals surface area contributed by atoms with Crippen molar-refractivity contribution in [2.75, 3.05) is 11.9 Å². The zero-order valence-electron chi connectivity index (χ0n) is 8.59. The molecule has 5 heteroatoms. The van der Waals surface area contributed by atoms with Crippen molar-refractivity contribution in [3.8, 4) is 0 Å². The molecule has 0 saturated heterocycles. The Morgan fingerprint density at radius 1 is 1.47 bits per heavy atom. The Labute approximate surface area is 88.2 Å². The highest BCUT2D eigenvalue weighted by Crippen LogP contribution is 2.02. The second-order valence-corrected chi connectivity index (χ2v) is 3.35. The molecule has 0 radical (unpaired) electrons. The lowest BCUT2D eigenvalue weighted by atomic mass is 10.3. The molecule has 0 aliphatic heterocycles. The molecule has 2 rings (SSSR count). The van der Waals surface area contributed by atoms with E-state index < -0.39 is 0 Å². The molecule has 78 valence electrons. The van der Waals surface area contributed by atoms with Gasteiger partial charge in [-0.1, -0.05) is 0 Å². The fourth-order valence-corrected chi connectivity index (χ4v) is 1.28. The molecule has 0 atom stereocenters. The summed E-state index contributed by atoms with van der Waals surface area (Å²) in [4.78, 5) is 3.97. The number of hydrogen-bond donors (Lipinski definition) is 1. The van der Waals surface area contributed by atoms with Crippen LogP contribution in [0, 0.1) is 6.92 Å². The Bertz CT molecular complexity index is 410. The summed E-state index contributed by atoms with van der Waals surface area (Å²) in [6, 6.07) is 1.97. The van der Waals surface area contributed by atoms with Crippen LogP contribution in [-0.4, -0.2) is 26.3 Å². The van der Waals surface area contributed by atoms with Crippen molar-refractivity contribution in [3.05, 3.63) is 36.5 Å². The molecule has 2 aromatic heterocycles. The van der Waals surface area contributed by atoms with Gasteiger partial charge in [0.05, 0.1) is 12.5 Å². The van der Waals surface area contributed by atoms with Gasteiger partial charge in [-0.3, -0.25) is 0 Å². The van der Waals surface area contributed by atoms with E-state index in [1.54, 1.807) is 18.7 Å². The summed E-state index contributed by atoms with van der Waals surface area (Å²) in [6.45, 7) is 3.68. The highest BCUT2D eigenvalue weighted by Gasteiger charge is 1.94. The number of nitrogens with zero attached hydrogens (tertiary/aromatic N) is 4. The van der Waals surface area contributed by atoms with E-state index in [2.05, 4.69) is 20.5 Å². The van der Waals surface area contributed by atoms with E-state index in [9.17, 15) is 0 Å². The van der Waals surface area contributed by atoms with Crippen LogP contribution in [0.5, 0.6) is 0 Å². The van der Waals surface area contributed by atoms with Crippen LogP contribution in [0.2, 0.25) is 0 Å². The van der Waals surface area contributed by atoms with Crippen LogP contribution in [0.25, 0.3) is 0 Å². The third-order valence-electron chi connectivity index (χ3n) is 2.03. The molecule has 1 N–H and O–H groups in total. The molecule has 0 aliphatic carbocycles. The normalized spacial score (nSPS) is 10.2. The molecule has 15 heavy (non-hydrogen) atoms. The van der Waals surface area contributed by atoms with Gasteiger partial charge in [-0.15, -0.1) is 5.10 Å². The van der Waals surface area contributed by atoms with E-state index in [4.69, 9.17) is 0 Å². The van der Waals surface area contributed by atoms with Crippen LogP contribution < -0.4 is 5.32 Å². The van der Waals surface area contributed by atoms with Gasteiger partial charge in [-0.2, -0.15) is 5.10 Å². The first-order valence-electron chi connectivity index (χ1n) is 4.83. The van der Waals surface area contributed by atoms with Crippen LogP contribution in [0.4, 0.5) is 5.82 Å². The first-order chi connectivity index (χ1) is 7.34. The summed E-state index contributed by atoms with van der Waals surface area (Å²) < 4.78 is 2.01. The standard InChI is InChI=1S/C10H13N5/c1-9-6-10(14-13-7-9)12-3-5-15-4-2-11-8-15/h2,4,6-8H,3,5H2,1H3,(H,12,14). The SMILES string of the molecule is Cc1cnnc(NCCn2ccnc2)c1. The zero-order valence-corrected chi connectivity index (χ0v) is 8.59. The summed E-state index contributed by atoms with van der Waals surface area (Å²) in [5.74, 6) is 0.815. The molecular formula is C10H13N5. The summed E-state index contributed by atoms with van der Waals surface area (Å²) in [6.07, 6.45) is 7.24. The second kappa shape index (κ2) is 4.54. The summed E-state index contributed by atoms with van der Waals surface area (Å²) in [7, 11) is 0. The largest absolute Gasteiger partial charge is 0.367 e. The van der Waals surface area contributed by atoms with Crippen molar-refractivity contribution in [2.45, 2.75) is 13.5 Å². The van der Waals surface area contributed by atoms with Crippen molar-refractivity contribution in [3.63, 3.8) is 0 Å². The van der Waals surface area contributed by atoms with E-state index >= 15 is 0 Å². The predicted molar refractivity (Wildman–Crippen MR) is 57.5 cm³/mol. The maximum Gasteiger partial charge on any atom is 0.148 e. The molecule has 0 fully saturated rings. The van der Waals surface area contributed by atoms with Crippen molar-refractivity contribution in [1.29, 1.82) is 0 Å². The molecule has 0 aromatic carbocycles. The van der Waals surface area contributed by atoms with Gasteiger partial charge >= 0.3 is 0 Å². The maximum absolute atomic E-state index is 3.97. The maximum atomic E-state index is 3.97. The smallest absolute Gasteiger partial charge is 0.148 e. The van der Waals surface area contributed by atoms with Crippen LogP contribution >= 0.6 is 0 Å². The van der Waals surface area contributed by atoms with Crippen molar-refractivity contribution < 1.29 is 0 Å². The van der Waals surface area contributed by atoms with Gasteiger partial charge in [0.1, 0.15) is 5.82 Å². The van der Waals surface area contributed by atoms with Gasteiger partial charge in [0.25, 0.3) is 0 Å². The highest BCUT2D eigenvalue weighted by molar-refractivity contribution is 5.34. The van der Waals surface area contributed by atoms with Crippen molar-refractivity contribution >= 4 is 5.82 Å². The molecule has 0 amide bonds. The minimum Gasteiger partial charge on any atom is -0.367 e. The number of aromatic nitrogens is 4. The molecule has 2 heterocycles. The summed E-state index contributed by atoms with van der Waals surface area (Å²) >= 11 is 0. The molecule has 2 aromatic rings. The van der Waals surface area contributed by atoms with Crippen LogP contribution in [0.1, 0.15) is 5.56 Å². The fourth-order valence-electron chi connectivity index (χ4n) is 1.28. The second-order valence-electron chi connectivity index (χ2n) is 3.35. The quantitative estimate of drug-likeness (QED) is 0.808. The van der Waals surface area contributed by atoms with Crippen LogP contribution in [-0.2, 0) is 6.54 Å². The lowest BCUT2D eigenvalue weighted by molar-refractivity contribution is 0.724. The van der Waals surface area contributed by atoms with Gasteiger partial charge < -0.3 is 9.88 Å². The highest BCUT2D eigenvalue weighted by atomic mass is 15.2. The topological polar surface area (TPSA) is 55.6 Å². The van der Waals surface area contributed by atoms with Crippen molar-refractivity contribution in [1.82, 2.24) is 19.7 Å².